The van der Waals surface area contributed by atoms with Crippen molar-refractivity contribution in [2.75, 3.05) is 11.9 Å². The largest absolute Gasteiger partial charge is 0.465 e. The molecule has 1 fully saturated rings. The van der Waals surface area contributed by atoms with Crippen molar-refractivity contribution in [1.82, 2.24) is 14.9 Å². The van der Waals surface area contributed by atoms with Crippen LogP contribution in [0.4, 0.5) is 32.4 Å². The van der Waals surface area contributed by atoms with Gasteiger partial charge in [0.2, 0.25) is 5.91 Å². The Kier molecular flexibility index (Phi) is 5.36. The molecule has 1 aliphatic rings. The third-order valence-corrected chi connectivity index (χ3v) is 4.24. The second-order valence-electron chi connectivity index (χ2n) is 6.23. The Balaban J connectivity index is 1.84. The zero-order valence-corrected chi connectivity index (χ0v) is 14.5. The van der Waals surface area contributed by atoms with Gasteiger partial charge in [-0.15, -0.1) is 0 Å². The van der Waals surface area contributed by atoms with E-state index in [1.165, 1.54) is 6.07 Å². The Morgan fingerprint density at radius 1 is 1.17 bits per heavy atom. The molecule has 2 aromatic rings. The molecule has 1 aliphatic heterocycles. The van der Waals surface area contributed by atoms with Crippen LogP contribution in [0, 0.1) is 5.82 Å². The molecule has 3 rings (SSSR count). The minimum atomic E-state index is -4.69. The predicted octanol–water partition coefficient (Wildman–Crippen LogP) is 3.33. The van der Waals surface area contributed by atoms with Crippen LogP contribution in [0.2, 0.25) is 0 Å². The molecule has 0 radical (unpaired) electrons. The molecule has 2 atom stereocenters. The summed E-state index contributed by atoms with van der Waals surface area (Å²) in [5.41, 5.74) is -1.45. The smallest absolute Gasteiger partial charge is 0.434 e. The predicted molar refractivity (Wildman–Crippen MR) is 89.1 cm³/mol. The molecular weight excluding hydrogens is 403 g/mol. The number of carboxylic acid groups (broad SMARTS) is 1. The van der Waals surface area contributed by atoms with Crippen molar-refractivity contribution >= 4 is 17.7 Å². The highest BCUT2D eigenvalue weighted by Gasteiger charge is 2.42. The van der Waals surface area contributed by atoms with Crippen molar-refractivity contribution < 1.29 is 36.6 Å². The maximum Gasteiger partial charge on any atom is 0.434 e. The molecule has 2 N–H and O–H groups in total. The van der Waals surface area contributed by atoms with Gasteiger partial charge in [0, 0.05) is 17.8 Å². The first kappa shape index (κ1) is 20.4. The number of anilines is 1. The molecule has 2 amide bonds. The van der Waals surface area contributed by atoms with Gasteiger partial charge in [0.15, 0.2) is 5.69 Å². The molecule has 154 valence electrons. The number of nitrogens with zero attached hydrogens (tertiary/aromatic N) is 3. The minimum absolute atomic E-state index is 0.0137. The number of amides is 2. The number of aromatic nitrogens is 2. The molecule has 0 bridgehead atoms. The van der Waals surface area contributed by atoms with Gasteiger partial charge in [0.05, 0.1) is 18.1 Å². The van der Waals surface area contributed by atoms with E-state index in [1.54, 1.807) is 0 Å². The van der Waals surface area contributed by atoms with Gasteiger partial charge in [-0.2, -0.15) is 13.2 Å². The van der Waals surface area contributed by atoms with E-state index in [4.69, 9.17) is 5.11 Å². The number of hydrogen-bond acceptors (Lipinski definition) is 4. The minimum Gasteiger partial charge on any atom is -0.465 e. The molecule has 1 saturated heterocycles. The number of nitrogens with one attached hydrogen (secondary N) is 1. The number of likely N-dealkylation sites (tertiary alicyclic amines) is 1. The van der Waals surface area contributed by atoms with Gasteiger partial charge in [-0.3, -0.25) is 14.7 Å². The average Bonchev–Trinajstić information content (AvgIpc) is 3.02. The average molecular weight is 416 g/mol. The lowest BCUT2D eigenvalue weighted by Gasteiger charge is -2.22. The fraction of sp³-hybridized carbons (Fsp3) is 0.294. The molecule has 2 heterocycles. The number of hydrogen-bond donors (Lipinski definition) is 2. The number of rotatable bonds is 3. The van der Waals surface area contributed by atoms with Crippen molar-refractivity contribution in [3.63, 3.8) is 0 Å². The molecule has 0 saturated carbocycles. The molecule has 29 heavy (non-hydrogen) atoms. The molecule has 0 spiro atoms. The summed E-state index contributed by atoms with van der Waals surface area (Å²) >= 11 is 0. The van der Waals surface area contributed by atoms with Crippen LogP contribution in [0.3, 0.4) is 0 Å². The van der Waals surface area contributed by atoms with E-state index in [2.05, 4.69) is 15.3 Å². The summed E-state index contributed by atoms with van der Waals surface area (Å²) in [4.78, 5) is 30.9. The zero-order valence-electron chi connectivity index (χ0n) is 14.5. The van der Waals surface area contributed by atoms with Crippen LogP contribution in [0.15, 0.2) is 30.6 Å². The van der Waals surface area contributed by atoms with E-state index in [0.29, 0.717) is 11.1 Å². The summed E-state index contributed by atoms with van der Waals surface area (Å²) in [5, 5.41) is 11.3. The molecule has 0 aliphatic carbocycles. The van der Waals surface area contributed by atoms with E-state index in [9.17, 15) is 31.5 Å². The molecule has 1 aromatic carbocycles. The second-order valence-corrected chi connectivity index (χ2v) is 6.23. The summed E-state index contributed by atoms with van der Waals surface area (Å²) in [7, 11) is 0. The van der Waals surface area contributed by atoms with Crippen molar-refractivity contribution in [2.45, 2.75) is 24.8 Å². The normalized spacial score (nSPS) is 19.3. The standard InChI is InChI=1S/C17H13F5N4O3/c18-9-3-8(12-6-24-13(7-23-12)17(20,21)22)4-10(5-9)25-15(27)14-11(19)1-2-26(14)16(28)29/h3-7,11,14H,1-2H2,(H,25,27)(H,28,29)/t11-,14-/m0/s1. The van der Waals surface area contributed by atoms with Gasteiger partial charge >= 0.3 is 12.3 Å². The van der Waals surface area contributed by atoms with Crippen molar-refractivity contribution in [3.05, 3.63) is 42.1 Å². The van der Waals surface area contributed by atoms with Crippen LogP contribution in [0.5, 0.6) is 0 Å². The number of alkyl halides is 4. The Labute approximate surface area is 160 Å². The lowest BCUT2D eigenvalue weighted by atomic mass is 10.1. The third kappa shape index (κ3) is 4.41. The fourth-order valence-electron chi connectivity index (χ4n) is 2.92. The summed E-state index contributed by atoms with van der Waals surface area (Å²) in [5.74, 6) is -1.84. The fourth-order valence-corrected chi connectivity index (χ4v) is 2.92. The first-order chi connectivity index (χ1) is 13.6. The van der Waals surface area contributed by atoms with Crippen LogP contribution in [-0.4, -0.2) is 50.7 Å². The summed E-state index contributed by atoms with van der Waals surface area (Å²) < 4.78 is 65.6. The SMILES string of the molecule is O=C(Nc1cc(F)cc(-c2cnc(C(F)(F)F)cn2)c1)[C@@H]1[C@@H](F)CCN1C(=O)O. The van der Waals surface area contributed by atoms with Crippen LogP contribution in [-0.2, 0) is 11.0 Å². The topological polar surface area (TPSA) is 95.4 Å². The van der Waals surface area contributed by atoms with E-state index >= 15 is 0 Å². The molecule has 7 nitrogen and oxygen atoms in total. The Morgan fingerprint density at radius 3 is 2.48 bits per heavy atom. The summed E-state index contributed by atoms with van der Waals surface area (Å²) in [6, 6.07) is 1.46. The lowest BCUT2D eigenvalue weighted by molar-refractivity contribution is -0.141. The summed E-state index contributed by atoms with van der Waals surface area (Å²) in [6.45, 7) is -0.163. The van der Waals surface area contributed by atoms with Crippen LogP contribution in [0.1, 0.15) is 12.1 Å². The number of carbonyl (C=O) groups excluding carboxylic acids is 1. The summed E-state index contributed by atoms with van der Waals surface area (Å²) in [6.07, 6.45) is -6.75. The first-order valence-corrected chi connectivity index (χ1v) is 8.21. The van der Waals surface area contributed by atoms with Gasteiger partial charge in [-0.1, -0.05) is 0 Å². The van der Waals surface area contributed by atoms with Crippen LogP contribution in [0.25, 0.3) is 11.3 Å². The highest BCUT2D eigenvalue weighted by molar-refractivity contribution is 5.97. The highest BCUT2D eigenvalue weighted by atomic mass is 19.4. The van der Waals surface area contributed by atoms with Crippen LogP contribution < -0.4 is 5.32 Å². The Morgan fingerprint density at radius 2 is 1.90 bits per heavy atom. The third-order valence-electron chi connectivity index (χ3n) is 4.24. The van der Waals surface area contributed by atoms with Gasteiger partial charge < -0.3 is 10.4 Å². The van der Waals surface area contributed by atoms with Crippen LogP contribution >= 0.6 is 0 Å². The highest BCUT2D eigenvalue weighted by Crippen LogP contribution is 2.29. The van der Waals surface area contributed by atoms with E-state index in [0.717, 1.165) is 18.3 Å². The zero-order chi connectivity index (χ0) is 21.3. The lowest BCUT2D eigenvalue weighted by Crippen LogP contribution is -2.46. The van der Waals surface area contributed by atoms with Gasteiger partial charge in [0.25, 0.3) is 0 Å². The van der Waals surface area contributed by atoms with Crippen molar-refractivity contribution in [3.8, 4) is 11.3 Å². The Hall–Kier alpha value is -3.31. The van der Waals surface area contributed by atoms with Crippen molar-refractivity contribution in [1.29, 1.82) is 0 Å². The molecule has 12 heteroatoms. The number of carbonyl (C=O) groups is 2. The molecule has 0 unspecified atom stereocenters. The van der Waals surface area contributed by atoms with Gasteiger partial charge in [-0.05, 0) is 24.6 Å². The first-order valence-electron chi connectivity index (χ1n) is 8.21. The maximum atomic E-state index is 14.0. The molecule has 1 aromatic heterocycles. The van der Waals surface area contributed by atoms with E-state index < -0.39 is 41.9 Å². The quantitative estimate of drug-likeness (QED) is 0.749. The van der Waals surface area contributed by atoms with E-state index in [1.807, 2.05) is 0 Å². The number of benzene rings is 1. The monoisotopic (exact) mass is 416 g/mol. The Bertz CT molecular complexity index is 936. The van der Waals surface area contributed by atoms with Crippen molar-refractivity contribution in [2.24, 2.45) is 0 Å². The molecular formula is C17H13F5N4O3. The van der Waals surface area contributed by atoms with E-state index in [-0.39, 0.29) is 29.9 Å². The van der Waals surface area contributed by atoms with Gasteiger partial charge in [0.1, 0.15) is 18.0 Å². The maximum absolute atomic E-state index is 14.0. The number of halogens is 5. The van der Waals surface area contributed by atoms with Gasteiger partial charge in [-0.25, -0.2) is 18.6 Å². The second kappa shape index (κ2) is 7.60.